The van der Waals surface area contributed by atoms with E-state index in [0.717, 1.165) is 57.5 Å². The van der Waals surface area contributed by atoms with E-state index in [2.05, 4.69) is 53.7 Å². The molecule has 0 amide bonds. The van der Waals surface area contributed by atoms with Crippen LogP contribution in [-0.2, 0) is 0 Å². The molecular formula is C22H20ClN3O. The summed E-state index contributed by atoms with van der Waals surface area (Å²) in [4.78, 5) is 2.29. The number of rotatable bonds is 4. The van der Waals surface area contributed by atoms with Crippen LogP contribution in [0.2, 0.25) is 5.15 Å². The SMILES string of the molecule is C=c1ccc2c(c1)Oc1cc(N(CC)CC)ccc1C=2c1ccc(Cl)nn1. The number of anilines is 1. The van der Waals surface area contributed by atoms with Gasteiger partial charge in [0, 0.05) is 41.2 Å². The average Bonchev–Trinajstić information content (AvgIpc) is 2.67. The topological polar surface area (TPSA) is 38.2 Å². The molecule has 0 aliphatic carbocycles. The first kappa shape index (κ1) is 17.6. The predicted molar refractivity (Wildman–Crippen MR) is 110 cm³/mol. The Morgan fingerprint density at radius 1 is 0.963 bits per heavy atom. The molecule has 0 bridgehead atoms. The largest absolute Gasteiger partial charge is 0.456 e. The van der Waals surface area contributed by atoms with Crippen LogP contribution in [-0.4, -0.2) is 23.3 Å². The molecule has 136 valence electrons. The Morgan fingerprint density at radius 3 is 2.48 bits per heavy atom. The van der Waals surface area contributed by atoms with E-state index in [1.54, 1.807) is 6.07 Å². The molecule has 3 aromatic rings. The van der Waals surface area contributed by atoms with E-state index >= 15 is 0 Å². The maximum Gasteiger partial charge on any atom is 0.151 e. The van der Waals surface area contributed by atoms with Gasteiger partial charge in [0.1, 0.15) is 11.5 Å². The smallest absolute Gasteiger partial charge is 0.151 e. The van der Waals surface area contributed by atoms with E-state index in [1.165, 1.54) is 0 Å². The van der Waals surface area contributed by atoms with Crippen LogP contribution in [0.1, 0.15) is 25.1 Å². The Labute approximate surface area is 163 Å². The number of fused-ring (bicyclic) bond motifs is 2. The van der Waals surface area contributed by atoms with Crippen molar-refractivity contribution in [1.82, 2.24) is 10.2 Å². The van der Waals surface area contributed by atoms with Crippen LogP contribution >= 0.6 is 11.6 Å². The molecule has 5 heteroatoms. The molecule has 1 aromatic heterocycles. The summed E-state index contributed by atoms with van der Waals surface area (Å²) in [6.45, 7) is 10.2. The summed E-state index contributed by atoms with van der Waals surface area (Å²) in [6.07, 6.45) is 0. The van der Waals surface area contributed by atoms with E-state index in [4.69, 9.17) is 16.3 Å². The zero-order valence-electron chi connectivity index (χ0n) is 15.4. The first-order valence-electron chi connectivity index (χ1n) is 9.01. The van der Waals surface area contributed by atoms with Crippen molar-refractivity contribution < 1.29 is 4.74 Å². The lowest BCUT2D eigenvalue weighted by atomic mass is 9.95. The van der Waals surface area contributed by atoms with Crippen molar-refractivity contribution in [3.63, 3.8) is 0 Å². The Kier molecular flexibility index (Phi) is 4.58. The van der Waals surface area contributed by atoms with Gasteiger partial charge in [-0.2, -0.15) is 0 Å². The van der Waals surface area contributed by atoms with Crippen LogP contribution in [0.5, 0.6) is 11.5 Å². The highest BCUT2D eigenvalue weighted by atomic mass is 35.5. The Hall–Kier alpha value is -2.85. The van der Waals surface area contributed by atoms with Crippen LogP contribution < -0.4 is 20.1 Å². The monoisotopic (exact) mass is 377 g/mol. The Balaban J connectivity index is 1.98. The summed E-state index contributed by atoms with van der Waals surface area (Å²) < 4.78 is 6.25. The minimum absolute atomic E-state index is 0.372. The van der Waals surface area contributed by atoms with E-state index in [1.807, 2.05) is 24.3 Å². The van der Waals surface area contributed by atoms with Crippen LogP contribution in [0.25, 0.3) is 12.2 Å². The van der Waals surface area contributed by atoms with Gasteiger partial charge in [0.05, 0.1) is 5.69 Å². The molecule has 0 radical (unpaired) electrons. The van der Waals surface area contributed by atoms with Gasteiger partial charge in [-0.3, -0.25) is 0 Å². The fourth-order valence-corrected chi connectivity index (χ4v) is 3.53. The van der Waals surface area contributed by atoms with Gasteiger partial charge in [0.2, 0.25) is 0 Å². The number of nitrogens with zero attached hydrogens (tertiary/aromatic N) is 3. The van der Waals surface area contributed by atoms with E-state index in [0.29, 0.717) is 5.15 Å². The first-order chi connectivity index (χ1) is 13.1. The van der Waals surface area contributed by atoms with Crippen molar-refractivity contribution in [3.05, 3.63) is 75.4 Å². The van der Waals surface area contributed by atoms with Gasteiger partial charge in [0.15, 0.2) is 5.15 Å². The van der Waals surface area contributed by atoms with Crippen molar-refractivity contribution in [1.29, 1.82) is 0 Å². The second kappa shape index (κ2) is 7.05. The fourth-order valence-electron chi connectivity index (χ4n) is 3.43. The molecule has 0 atom stereocenters. The van der Waals surface area contributed by atoms with Crippen molar-refractivity contribution in [2.24, 2.45) is 0 Å². The predicted octanol–water partition coefficient (Wildman–Crippen LogP) is 3.74. The molecular weight excluding hydrogens is 358 g/mol. The van der Waals surface area contributed by atoms with Crippen molar-refractivity contribution in [3.8, 4) is 11.5 Å². The van der Waals surface area contributed by atoms with Crippen LogP contribution in [0.3, 0.4) is 0 Å². The van der Waals surface area contributed by atoms with E-state index in [9.17, 15) is 0 Å². The summed E-state index contributed by atoms with van der Waals surface area (Å²) in [6, 6.07) is 15.9. The lowest BCUT2D eigenvalue weighted by Crippen LogP contribution is -2.23. The van der Waals surface area contributed by atoms with Crippen LogP contribution in [0.4, 0.5) is 5.69 Å². The molecule has 4 rings (SSSR count). The summed E-state index contributed by atoms with van der Waals surface area (Å²) in [5.74, 6) is 1.59. The third-order valence-corrected chi connectivity index (χ3v) is 4.99. The summed E-state index contributed by atoms with van der Waals surface area (Å²) in [5, 5.41) is 10.6. The lowest BCUT2D eigenvalue weighted by Gasteiger charge is -2.25. The summed E-state index contributed by atoms with van der Waals surface area (Å²) in [5.41, 5.74) is 3.88. The molecule has 0 N–H and O–H groups in total. The molecule has 0 unspecified atom stereocenters. The summed E-state index contributed by atoms with van der Waals surface area (Å²) in [7, 11) is 0. The highest BCUT2D eigenvalue weighted by molar-refractivity contribution is 6.29. The normalized spacial score (nSPS) is 12.2. The lowest BCUT2D eigenvalue weighted by molar-refractivity contribution is 0.471. The van der Waals surface area contributed by atoms with E-state index in [-0.39, 0.29) is 0 Å². The molecule has 27 heavy (non-hydrogen) atoms. The van der Waals surface area contributed by atoms with Gasteiger partial charge < -0.3 is 9.64 Å². The third kappa shape index (κ3) is 3.17. The number of ether oxygens (including phenoxy) is 1. The second-order valence-electron chi connectivity index (χ2n) is 6.40. The summed E-state index contributed by atoms with van der Waals surface area (Å²) >= 11 is 5.94. The van der Waals surface area contributed by atoms with Gasteiger partial charge in [-0.25, -0.2) is 0 Å². The molecule has 4 nitrogen and oxygen atoms in total. The molecule has 2 heterocycles. The molecule has 0 saturated carbocycles. The minimum atomic E-state index is 0.372. The molecule has 1 aliphatic rings. The van der Waals surface area contributed by atoms with E-state index < -0.39 is 0 Å². The maximum atomic E-state index is 6.25. The molecule has 0 saturated heterocycles. The highest BCUT2D eigenvalue weighted by Gasteiger charge is 2.22. The fraction of sp³-hybridized carbons (Fsp3) is 0.182. The number of hydrogen-bond acceptors (Lipinski definition) is 4. The molecule has 0 fully saturated rings. The Bertz CT molecular complexity index is 1110. The molecule has 1 aliphatic heterocycles. The molecule has 0 spiro atoms. The zero-order valence-corrected chi connectivity index (χ0v) is 16.1. The van der Waals surface area contributed by atoms with Gasteiger partial charge in [-0.15, -0.1) is 10.2 Å². The van der Waals surface area contributed by atoms with Crippen molar-refractivity contribution in [2.45, 2.75) is 13.8 Å². The van der Waals surface area contributed by atoms with Gasteiger partial charge in [0.25, 0.3) is 0 Å². The number of halogens is 1. The quantitative estimate of drug-likeness (QED) is 0.543. The minimum Gasteiger partial charge on any atom is -0.456 e. The van der Waals surface area contributed by atoms with Crippen molar-refractivity contribution >= 4 is 29.4 Å². The van der Waals surface area contributed by atoms with Gasteiger partial charge in [-0.05, 0) is 55.5 Å². The maximum absolute atomic E-state index is 6.25. The number of hydrogen-bond donors (Lipinski definition) is 0. The Morgan fingerprint density at radius 2 is 1.78 bits per heavy atom. The first-order valence-corrected chi connectivity index (χ1v) is 9.38. The molecule has 2 aromatic carbocycles. The number of aromatic nitrogens is 2. The number of benzene rings is 2. The van der Waals surface area contributed by atoms with Crippen molar-refractivity contribution in [2.75, 3.05) is 18.0 Å². The standard InChI is InChI=1S/C22H20ClN3O/c1-4-26(5-2)15-7-9-17-20(13-15)27-19-12-14(3)6-8-16(19)22(17)18-10-11-21(23)25-24-18/h6-13H,3-5H2,1-2H3. The average molecular weight is 378 g/mol. The highest BCUT2D eigenvalue weighted by Crippen LogP contribution is 2.37. The zero-order chi connectivity index (χ0) is 19.0. The van der Waals surface area contributed by atoms with Crippen LogP contribution in [0, 0.1) is 0 Å². The van der Waals surface area contributed by atoms with Gasteiger partial charge in [-0.1, -0.05) is 24.2 Å². The second-order valence-corrected chi connectivity index (χ2v) is 6.79. The van der Waals surface area contributed by atoms with Crippen LogP contribution in [0.15, 0.2) is 48.5 Å². The third-order valence-electron chi connectivity index (χ3n) is 4.79. The van der Waals surface area contributed by atoms with Gasteiger partial charge >= 0.3 is 0 Å².